The molecule has 0 heterocycles. The molecule has 0 aromatic heterocycles. The average Bonchev–Trinajstić information content (AvgIpc) is 2.40. The Hall–Kier alpha value is -1.88. The van der Waals surface area contributed by atoms with Crippen LogP contribution in [0.25, 0.3) is 0 Å². The van der Waals surface area contributed by atoms with E-state index in [0.717, 1.165) is 10.0 Å². The van der Waals surface area contributed by atoms with Gasteiger partial charge in [0.05, 0.1) is 5.56 Å². The van der Waals surface area contributed by atoms with E-state index in [9.17, 15) is 9.18 Å². The van der Waals surface area contributed by atoms with Gasteiger partial charge in [-0.3, -0.25) is 0 Å². The topological polar surface area (TPSA) is 46.5 Å². The highest BCUT2D eigenvalue weighted by atomic mass is 79.9. The summed E-state index contributed by atoms with van der Waals surface area (Å²) in [7, 11) is 0. The summed E-state index contributed by atoms with van der Waals surface area (Å²) in [6.07, 6.45) is 0. The maximum absolute atomic E-state index is 13.5. The highest BCUT2D eigenvalue weighted by molar-refractivity contribution is 9.10. The molecule has 1 N–H and O–H groups in total. The van der Waals surface area contributed by atoms with Gasteiger partial charge in [0.1, 0.15) is 18.2 Å². The second-order valence-electron chi connectivity index (χ2n) is 4.32. The third-order valence-electron chi connectivity index (χ3n) is 2.80. The van der Waals surface area contributed by atoms with Crippen LogP contribution in [0.5, 0.6) is 5.75 Å². The smallest absolute Gasteiger partial charge is 0.338 e. The van der Waals surface area contributed by atoms with E-state index < -0.39 is 11.8 Å². The van der Waals surface area contributed by atoms with Crippen molar-refractivity contribution in [3.8, 4) is 5.75 Å². The van der Waals surface area contributed by atoms with Crippen molar-refractivity contribution in [1.82, 2.24) is 0 Å². The van der Waals surface area contributed by atoms with E-state index in [1.54, 1.807) is 6.07 Å². The van der Waals surface area contributed by atoms with Gasteiger partial charge in [0.15, 0.2) is 0 Å². The number of halogens is 2. The number of ether oxygens (including phenoxy) is 1. The minimum absolute atomic E-state index is 0.178. The fourth-order valence-corrected chi connectivity index (χ4v) is 1.94. The Morgan fingerprint density at radius 1 is 1.30 bits per heavy atom. The monoisotopic (exact) mass is 338 g/mol. The first-order chi connectivity index (χ1) is 9.47. The van der Waals surface area contributed by atoms with Crippen LogP contribution in [0.15, 0.2) is 40.9 Å². The quantitative estimate of drug-likeness (QED) is 0.909. The molecule has 104 valence electrons. The van der Waals surface area contributed by atoms with E-state index in [0.29, 0.717) is 11.3 Å². The highest BCUT2D eigenvalue weighted by Gasteiger charge is 2.10. The Balaban J connectivity index is 2.09. The predicted octanol–water partition coefficient (Wildman–Crippen LogP) is 4.17. The average molecular weight is 339 g/mol. The van der Waals surface area contributed by atoms with Crippen LogP contribution in [0.4, 0.5) is 4.39 Å². The Labute approximate surface area is 124 Å². The van der Waals surface area contributed by atoms with Gasteiger partial charge in [-0.25, -0.2) is 9.18 Å². The summed E-state index contributed by atoms with van der Waals surface area (Å²) in [5.41, 5.74) is 1.27. The van der Waals surface area contributed by atoms with Crippen LogP contribution in [0.3, 0.4) is 0 Å². The molecule has 0 atom stereocenters. The van der Waals surface area contributed by atoms with Gasteiger partial charge in [0, 0.05) is 4.47 Å². The Bertz CT molecular complexity index is 656. The molecule has 0 unspecified atom stereocenters. The molecule has 2 aromatic rings. The van der Waals surface area contributed by atoms with Crippen LogP contribution in [0.1, 0.15) is 21.5 Å². The van der Waals surface area contributed by atoms with Gasteiger partial charge < -0.3 is 9.84 Å². The van der Waals surface area contributed by atoms with E-state index in [-0.39, 0.29) is 12.2 Å². The van der Waals surface area contributed by atoms with E-state index in [1.165, 1.54) is 18.2 Å². The minimum atomic E-state index is -1.28. The number of carboxylic acid groups (broad SMARTS) is 1. The predicted molar refractivity (Wildman–Crippen MR) is 76.6 cm³/mol. The number of rotatable bonds is 4. The van der Waals surface area contributed by atoms with Gasteiger partial charge in [-0.15, -0.1) is 0 Å². The molecule has 5 heteroatoms. The molecule has 0 fully saturated rings. The number of hydrogen-bond acceptors (Lipinski definition) is 2. The van der Waals surface area contributed by atoms with Crippen molar-refractivity contribution in [3.05, 3.63) is 63.4 Å². The Kier molecular flexibility index (Phi) is 4.39. The summed E-state index contributed by atoms with van der Waals surface area (Å²) < 4.78 is 20.0. The van der Waals surface area contributed by atoms with Crippen molar-refractivity contribution in [2.75, 3.05) is 0 Å². The third kappa shape index (κ3) is 3.36. The number of aromatic carboxylic acids is 1. The fourth-order valence-electron chi connectivity index (χ4n) is 1.70. The van der Waals surface area contributed by atoms with Crippen LogP contribution < -0.4 is 4.74 Å². The minimum Gasteiger partial charge on any atom is -0.489 e. The summed E-state index contributed by atoms with van der Waals surface area (Å²) in [6.45, 7) is 2.12. The first-order valence-electron chi connectivity index (χ1n) is 5.88. The summed E-state index contributed by atoms with van der Waals surface area (Å²) in [6, 6.07) is 9.50. The van der Waals surface area contributed by atoms with Crippen LogP contribution in [0.2, 0.25) is 0 Å². The number of hydrogen-bond donors (Lipinski definition) is 1. The largest absolute Gasteiger partial charge is 0.489 e. The van der Waals surface area contributed by atoms with E-state index in [1.807, 2.05) is 19.1 Å². The zero-order valence-corrected chi connectivity index (χ0v) is 12.3. The van der Waals surface area contributed by atoms with Gasteiger partial charge in [-0.2, -0.15) is 0 Å². The van der Waals surface area contributed by atoms with Crippen molar-refractivity contribution in [2.45, 2.75) is 13.5 Å². The van der Waals surface area contributed by atoms with Gasteiger partial charge in [0.25, 0.3) is 0 Å². The van der Waals surface area contributed by atoms with Gasteiger partial charge in [-0.05, 0) is 48.4 Å². The third-order valence-corrected chi connectivity index (χ3v) is 3.69. The first-order valence-corrected chi connectivity index (χ1v) is 6.67. The zero-order valence-electron chi connectivity index (χ0n) is 10.7. The SMILES string of the molecule is Cc1cc(OCc2ccc(C(=O)O)c(F)c2)ccc1Br. The maximum atomic E-state index is 13.5. The molecule has 20 heavy (non-hydrogen) atoms. The molecular formula is C15H12BrFO3. The molecule has 0 aliphatic rings. The Morgan fingerprint density at radius 3 is 2.65 bits per heavy atom. The summed E-state index contributed by atoms with van der Waals surface area (Å²) >= 11 is 3.40. The normalized spacial score (nSPS) is 10.3. The molecule has 0 aliphatic heterocycles. The van der Waals surface area contributed by atoms with Crippen LogP contribution in [-0.4, -0.2) is 11.1 Å². The van der Waals surface area contributed by atoms with E-state index in [2.05, 4.69) is 15.9 Å². The Morgan fingerprint density at radius 2 is 2.05 bits per heavy atom. The van der Waals surface area contributed by atoms with Gasteiger partial charge >= 0.3 is 5.97 Å². The van der Waals surface area contributed by atoms with E-state index in [4.69, 9.17) is 9.84 Å². The van der Waals surface area contributed by atoms with Gasteiger partial charge in [0.2, 0.25) is 0 Å². The van der Waals surface area contributed by atoms with Crippen molar-refractivity contribution in [3.63, 3.8) is 0 Å². The maximum Gasteiger partial charge on any atom is 0.338 e. The molecule has 2 aromatic carbocycles. The first kappa shape index (κ1) is 14.5. The lowest BCUT2D eigenvalue weighted by Crippen LogP contribution is -2.03. The second kappa shape index (κ2) is 6.05. The number of benzene rings is 2. The standard InChI is InChI=1S/C15H12BrFO3/c1-9-6-11(3-5-13(9)16)20-8-10-2-4-12(15(18)19)14(17)7-10/h2-7H,8H2,1H3,(H,18,19). The molecular weight excluding hydrogens is 327 g/mol. The molecule has 0 amide bonds. The van der Waals surface area contributed by atoms with Crippen molar-refractivity contribution < 1.29 is 19.0 Å². The highest BCUT2D eigenvalue weighted by Crippen LogP contribution is 2.22. The molecule has 2 rings (SSSR count). The lowest BCUT2D eigenvalue weighted by Gasteiger charge is -2.08. The molecule has 0 bridgehead atoms. The lowest BCUT2D eigenvalue weighted by molar-refractivity contribution is 0.0692. The molecule has 0 saturated heterocycles. The molecule has 0 spiro atoms. The van der Waals surface area contributed by atoms with Crippen molar-refractivity contribution in [2.24, 2.45) is 0 Å². The zero-order chi connectivity index (χ0) is 14.7. The molecule has 0 saturated carbocycles. The number of aryl methyl sites for hydroxylation is 1. The second-order valence-corrected chi connectivity index (χ2v) is 5.17. The van der Waals surface area contributed by atoms with Gasteiger partial charge in [-0.1, -0.05) is 22.0 Å². The molecule has 0 radical (unpaired) electrons. The summed E-state index contributed by atoms with van der Waals surface area (Å²) in [5.74, 6) is -1.36. The van der Waals surface area contributed by atoms with Crippen molar-refractivity contribution in [1.29, 1.82) is 0 Å². The van der Waals surface area contributed by atoms with E-state index >= 15 is 0 Å². The lowest BCUT2D eigenvalue weighted by atomic mass is 10.1. The number of carboxylic acids is 1. The molecule has 3 nitrogen and oxygen atoms in total. The fraction of sp³-hybridized carbons (Fsp3) is 0.133. The van der Waals surface area contributed by atoms with Crippen LogP contribution >= 0.6 is 15.9 Å². The van der Waals surface area contributed by atoms with Crippen LogP contribution in [0, 0.1) is 12.7 Å². The summed E-state index contributed by atoms with van der Waals surface area (Å²) in [4.78, 5) is 10.7. The van der Waals surface area contributed by atoms with Crippen LogP contribution in [-0.2, 0) is 6.61 Å². The summed E-state index contributed by atoms with van der Waals surface area (Å²) in [5, 5.41) is 8.75. The number of carbonyl (C=O) groups is 1. The van der Waals surface area contributed by atoms with Crippen molar-refractivity contribution >= 4 is 21.9 Å². The molecule has 0 aliphatic carbocycles.